The summed E-state index contributed by atoms with van der Waals surface area (Å²) in [4.78, 5) is 0. The van der Waals surface area contributed by atoms with Gasteiger partial charge < -0.3 is 5.32 Å². The van der Waals surface area contributed by atoms with Gasteiger partial charge in [-0.3, -0.25) is 0 Å². The molecule has 0 saturated carbocycles. The standard InChI is InChI=1S/C8H11N3/c1-10-8-5-3-2-4-7(8)6-11-9/h2-5,9-10H,6H2,1H3. The molecule has 2 N–H and O–H groups in total. The highest BCUT2D eigenvalue weighted by atomic mass is 15.0. The summed E-state index contributed by atoms with van der Waals surface area (Å²) in [5, 5.41) is 6.36. The quantitative estimate of drug-likeness (QED) is 0.636. The topological polar surface area (TPSA) is 48.2 Å². The number of benzene rings is 1. The first-order valence-corrected chi connectivity index (χ1v) is 3.47. The van der Waals surface area contributed by atoms with Crippen LogP contribution in [-0.2, 0) is 6.54 Å². The summed E-state index contributed by atoms with van der Waals surface area (Å²) in [6.07, 6.45) is 0. The van der Waals surface area contributed by atoms with E-state index in [0.717, 1.165) is 11.3 Å². The molecule has 0 saturated heterocycles. The molecule has 1 aromatic rings. The van der Waals surface area contributed by atoms with Crippen LogP contribution in [0.1, 0.15) is 5.56 Å². The molecule has 0 aliphatic rings. The van der Waals surface area contributed by atoms with Crippen LogP contribution < -0.4 is 5.32 Å². The fourth-order valence-electron chi connectivity index (χ4n) is 0.987. The summed E-state index contributed by atoms with van der Waals surface area (Å²) in [5.41, 5.74) is 8.81. The van der Waals surface area contributed by atoms with E-state index in [1.54, 1.807) is 0 Å². The molecule has 0 spiro atoms. The van der Waals surface area contributed by atoms with Gasteiger partial charge >= 0.3 is 0 Å². The lowest BCUT2D eigenvalue weighted by Crippen LogP contribution is -1.93. The molecule has 1 aromatic carbocycles. The summed E-state index contributed by atoms with van der Waals surface area (Å²) in [7, 11) is 1.86. The molecule has 0 unspecified atom stereocenters. The first-order valence-electron chi connectivity index (χ1n) is 3.47. The lowest BCUT2D eigenvalue weighted by Gasteiger charge is -2.04. The normalized spacial score (nSPS) is 9.18. The molecule has 0 radical (unpaired) electrons. The van der Waals surface area contributed by atoms with Gasteiger partial charge in [0, 0.05) is 12.7 Å². The average molecular weight is 149 g/mol. The molecule has 58 valence electrons. The average Bonchev–Trinajstić information content (AvgIpc) is 2.06. The molecule has 0 aliphatic heterocycles. The Morgan fingerprint density at radius 1 is 1.45 bits per heavy atom. The maximum atomic E-state index is 6.71. The van der Waals surface area contributed by atoms with E-state index in [9.17, 15) is 0 Å². The Kier molecular flexibility index (Phi) is 2.60. The molecule has 0 amide bonds. The Balaban J connectivity index is 2.92. The van der Waals surface area contributed by atoms with Gasteiger partial charge in [-0.25, -0.2) is 5.53 Å². The van der Waals surface area contributed by atoms with Crippen molar-refractivity contribution in [1.29, 1.82) is 5.53 Å². The molecule has 0 aromatic heterocycles. The second-order valence-corrected chi connectivity index (χ2v) is 2.22. The van der Waals surface area contributed by atoms with Gasteiger partial charge in [0.2, 0.25) is 0 Å². The maximum Gasteiger partial charge on any atom is 0.0866 e. The van der Waals surface area contributed by atoms with Crippen molar-refractivity contribution < 1.29 is 0 Å². The highest BCUT2D eigenvalue weighted by Gasteiger charge is 1.96. The van der Waals surface area contributed by atoms with Crippen LogP contribution in [0.5, 0.6) is 0 Å². The zero-order chi connectivity index (χ0) is 8.10. The molecular weight excluding hydrogens is 138 g/mol. The largest absolute Gasteiger partial charge is 0.388 e. The highest BCUT2D eigenvalue weighted by Crippen LogP contribution is 2.14. The van der Waals surface area contributed by atoms with Crippen molar-refractivity contribution in [3.63, 3.8) is 0 Å². The number of para-hydroxylation sites is 1. The first kappa shape index (κ1) is 7.72. The van der Waals surface area contributed by atoms with Gasteiger partial charge in [0.15, 0.2) is 0 Å². The number of nitrogens with zero attached hydrogens (tertiary/aromatic N) is 1. The maximum absolute atomic E-state index is 6.71. The molecule has 0 bridgehead atoms. The lowest BCUT2D eigenvalue weighted by molar-refractivity contribution is 0.909. The zero-order valence-corrected chi connectivity index (χ0v) is 6.46. The highest BCUT2D eigenvalue weighted by molar-refractivity contribution is 5.50. The van der Waals surface area contributed by atoms with Crippen LogP contribution in [0.3, 0.4) is 0 Å². The fourth-order valence-corrected chi connectivity index (χ4v) is 0.987. The van der Waals surface area contributed by atoms with Gasteiger partial charge in [-0.2, -0.15) is 5.11 Å². The number of hydrogen-bond donors (Lipinski definition) is 2. The van der Waals surface area contributed by atoms with Gasteiger partial charge in [0.1, 0.15) is 0 Å². The predicted octanol–water partition coefficient (Wildman–Crippen LogP) is 2.26. The van der Waals surface area contributed by atoms with Gasteiger partial charge in [0.25, 0.3) is 0 Å². The zero-order valence-electron chi connectivity index (χ0n) is 6.46. The van der Waals surface area contributed by atoms with Crippen LogP contribution in [0, 0.1) is 5.53 Å². The minimum Gasteiger partial charge on any atom is -0.388 e. The second-order valence-electron chi connectivity index (χ2n) is 2.22. The third-order valence-electron chi connectivity index (χ3n) is 1.54. The minimum absolute atomic E-state index is 0.455. The molecule has 0 aliphatic carbocycles. The van der Waals surface area contributed by atoms with Crippen LogP contribution in [0.25, 0.3) is 0 Å². The molecule has 3 heteroatoms. The molecule has 11 heavy (non-hydrogen) atoms. The van der Waals surface area contributed by atoms with Crippen LogP contribution in [0.15, 0.2) is 29.4 Å². The summed E-state index contributed by atoms with van der Waals surface area (Å²) in [6, 6.07) is 7.84. The van der Waals surface area contributed by atoms with E-state index in [1.165, 1.54) is 0 Å². The summed E-state index contributed by atoms with van der Waals surface area (Å²) in [5.74, 6) is 0. The summed E-state index contributed by atoms with van der Waals surface area (Å²) >= 11 is 0. The van der Waals surface area contributed by atoms with E-state index in [0.29, 0.717) is 6.54 Å². The van der Waals surface area contributed by atoms with E-state index in [4.69, 9.17) is 5.53 Å². The number of nitrogens with one attached hydrogen (secondary N) is 2. The van der Waals surface area contributed by atoms with Crippen molar-refractivity contribution in [2.45, 2.75) is 6.54 Å². The summed E-state index contributed by atoms with van der Waals surface area (Å²) < 4.78 is 0. The van der Waals surface area contributed by atoms with Crippen molar-refractivity contribution in [3.8, 4) is 0 Å². The van der Waals surface area contributed by atoms with E-state index in [1.807, 2.05) is 31.3 Å². The molecule has 0 heterocycles. The molecule has 3 nitrogen and oxygen atoms in total. The molecule has 0 atom stereocenters. The van der Waals surface area contributed by atoms with Gasteiger partial charge in [-0.05, 0) is 11.6 Å². The predicted molar refractivity (Wildman–Crippen MR) is 44.8 cm³/mol. The molecule has 1 rings (SSSR count). The molecular formula is C8H11N3. The van der Waals surface area contributed by atoms with Gasteiger partial charge in [0.05, 0.1) is 6.54 Å². The van der Waals surface area contributed by atoms with Gasteiger partial charge in [-0.15, -0.1) is 0 Å². The summed E-state index contributed by atoms with van der Waals surface area (Å²) in [6.45, 7) is 0.455. The van der Waals surface area contributed by atoms with Crippen molar-refractivity contribution >= 4 is 5.69 Å². The van der Waals surface area contributed by atoms with Crippen LogP contribution in [-0.4, -0.2) is 7.05 Å². The third kappa shape index (κ3) is 1.77. The Bertz CT molecular complexity index is 245. The minimum atomic E-state index is 0.455. The van der Waals surface area contributed by atoms with E-state index in [-0.39, 0.29) is 0 Å². The SMILES string of the molecule is CNc1ccccc1CN=N. The van der Waals surface area contributed by atoms with E-state index < -0.39 is 0 Å². The Hall–Kier alpha value is -1.38. The number of anilines is 1. The Labute approximate surface area is 65.9 Å². The Morgan fingerprint density at radius 2 is 2.18 bits per heavy atom. The van der Waals surface area contributed by atoms with E-state index >= 15 is 0 Å². The van der Waals surface area contributed by atoms with E-state index in [2.05, 4.69) is 10.4 Å². The third-order valence-corrected chi connectivity index (χ3v) is 1.54. The van der Waals surface area contributed by atoms with Crippen molar-refractivity contribution in [3.05, 3.63) is 29.8 Å². The monoisotopic (exact) mass is 149 g/mol. The second kappa shape index (κ2) is 3.71. The lowest BCUT2D eigenvalue weighted by atomic mass is 10.2. The smallest absolute Gasteiger partial charge is 0.0866 e. The first-order chi connectivity index (χ1) is 5.38. The van der Waals surface area contributed by atoms with Gasteiger partial charge in [-0.1, -0.05) is 18.2 Å². The van der Waals surface area contributed by atoms with Crippen LogP contribution in [0.2, 0.25) is 0 Å². The Morgan fingerprint density at radius 3 is 2.82 bits per heavy atom. The van der Waals surface area contributed by atoms with Crippen molar-refractivity contribution in [2.75, 3.05) is 12.4 Å². The van der Waals surface area contributed by atoms with Crippen molar-refractivity contribution in [1.82, 2.24) is 0 Å². The number of hydrogen-bond acceptors (Lipinski definition) is 3. The van der Waals surface area contributed by atoms with Crippen molar-refractivity contribution in [2.24, 2.45) is 5.11 Å². The molecule has 0 fully saturated rings. The fraction of sp³-hybridized carbons (Fsp3) is 0.250. The van der Waals surface area contributed by atoms with Crippen LogP contribution in [0.4, 0.5) is 5.69 Å². The number of rotatable bonds is 3. The van der Waals surface area contributed by atoms with Crippen LogP contribution >= 0.6 is 0 Å².